The molecule has 0 bridgehead atoms. The van der Waals surface area contributed by atoms with Gasteiger partial charge < -0.3 is 10.6 Å². The first-order valence-electron chi connectivity index (χ1n) is 5.80. The summed E-state index contributed by atoms with van der Waals surface area (Å²) in [5.74, 6) is -0.00679. The number of rotatable bonds is 2. The van der Waals surface area contributed by atoms with Crippen molar-refractivity contribution < 1.29 is 13.2 Å². The average molecular weight is 268 g/mol. The van der Waals surface area contributed by atoms with E-state index in [4.69, 9.17) is 5.73 Å². The summed E-state index contributed by atoms with van der Waals surface area (Å²) in [6, 6.07) is 7.09. The van der Waals surface area contributed by atoms with Crippen LogP contribution in [0.15, 0.2) is 24.3 Å². The number of carbonyl (C=O) groups is 1. The lowest BCUT2D eigenvalue weighted by molar-refractivity contribution is 0.0770. The fourth-order valence-corrected chi connectivity index (χ4v) is 3.08. The van der Waals surface area contributed by atoms with E-state index in [0.717, 1.165) is 5.56 Å². The summed E-state index contributed by atoms with van der Waals surface area (Å²) in [6.45, 7) is 0.996. The molecule has 1 aromatic carbocycles. The standard InChI is InChI=1S/C12H16N2O3S/c13-9-10-1-3-11(4-2-10)12(15)14-5-7-18(16,17)8-6-14/h1-4H,5-9,13H2. The van der Waals surface area contributed by atoms with Gasteiger partial charge in [-0.15, -0.1) is 0 Å². The van der Waals surface area contributed by atoms with Crippen LogP contribution in [0.5, 0.6) is 0 Å². The summed E-state index contributed by atoms with van der Waals surface area (Å²) in [6.07, 6.45) is 0. The van der Waals surface area contributed by atoms with Gasteiger partial charge in [0.05, 0.1) is 11.5 Å². The zero-order valence-corrected chi connectivity index (χ0v) is 10.8. The zero-order valence-electron chi connectivity index (χ0n) is 10.0. The van der Waals surface area contributed by atoms with E-state index >= 15 is 0 Å². The van der Waals surface area contributed by atoms with E-state index in [-0.39, 0.29) is 30.5 Å². The van der Waals surface area contributed by atoms with Crippen molar-refractivity contribution in [1.82, 2.24) is 4.90 Å². The molecular formula is C12H16N2O3S. The van der Waals surface area contributed by atoms with Crippen LogP contribution in [-0.4, -0.2) is 43.8 Å². The third-order valence-corrected chi connectivity index (χ3v) is 4.68. The van der Waals surface area contributed by atoms with Gasteiger partial charge in [-0.25, -0.2) is 8.42 Å². The number of amides is 1. The molecule has 98 valence electrons. The largest absolute Gasteiger partial charge is 0.337 e. The van der Waals surface area contributed by atoms with E-state index in [9.17, 15) is 13.2 Å². The molecule has 1 saturated heterocycles. The van der Waals surface area contributed by atoms with Gasteiger partial charge in [-0.1, -0.05) is 12.1 Å². The molecule has 1 aromatic rings. The van der Waals surface area contributed by atoms with Gasteiger partial charge in [0.2, 0.25) is 0 Å². The third-order valence-electron chi connectivity index (χ3n) is 3.07. The van der Waals surface area contributed by atoms with E-state index < -0.39 is 9.84 Å². The molecule has 1 amide bonds. The smallest absolute Gasteiger partial charge is 0.253 e. The molecule has 1 heterocycles. The van der Waals surface area contributed by atoms with Crippen LogP contribution in [-0.2, 0) is 16.4 Å². The fourth-order valence-electron chi connectivity index (χ4n) is 1.88. The van der Waals surface area contributed by atoms with Crippen LogP contribution < -0.4 is 5.73 Å². The lowest BCUT2D eigenvalue weighted by Gasteiger charge is -2.26. The van der Waals surface area contributed by atoms with Crippen molar-refractivity contribution in [2.75, 3.05) is 24.6 Å². The van der Waals surface area contributed by atoms with Gasteiger partial charge in [0.25, 0.3) is 5.91 Å². The number of benzene rings is 1. The minimum absolute atomic E-state index is 0.0552. The highest BCUT2D eigenvalue weighted by Crippen LogP contribution is 2.11. The second-order valence-electron chi connectivity index (χ2n) is 4.35. The number of hydrogen-bond acceptors (Lipinski definition) is 4. The van der Waals surface area contributed by atoms with Gasteiger partial charge in [-0.2, -0.15) is 0 Å². The van der Waals surface area contributed by atoms with Crippen molar-refractivity contribution in [3.63, 3.8) is 0 Å². The first kappa shape index (κ1) is 13.0. The fraction of sp³-hybridized carbons (Fsp3) is 0.417. The number of carbonyl (C=O) groups excluding carboxylic acids is 1. The minimum Gasteiger partial charge on any atom is -0.337 e. The van der Waals surface area contributed by atoms with Gasteiger partial charge in [0, 0.05) is 25.2 Å². The van der Waals surface area contributed by atoms with Crippen molar-refractivity contribution in [2.45, 2.75) is 6.54 Å². The SMILES string of the molecule is NCc1ccc(C(=O)N2CCS(=O)(=O)CC2)cc1. The molecule has 18 heavy (non-hydrogen) atoms. The molecule has 0 radical (unpaired) electrons. The van der Waals surface area contributed by atoms with Gasteiger partial charge in [-0.05, 0) is 17.7 Å². The summed E-state index contributed by atoms with van der Waals surface area (Å²) in [5, 5.41) is 0. The van der Waals surface area contributed by atoms with E-state index in [0.29, 0.717) is 12.1 Å². The highest BCUT2D eigenvalue weighted by atomic mass is 32.2. The molecule has 0 spiro atoms. The van der Waals surface area contributed by atoms with Crippen molar-refractivity contribution >= 4 is 15.7 Å². The topological polar surface area (TPSA) is 80.5 Å². The Morgan fingerprint density at radius 3 is 2.22 bits per heavy atom. The molecule has 0 saturated carbocycles. The summed E-state index contributed by atoms with van der Waals surface area (Å²) in [4.78, 5) is 13.7. The molecular weight excluding hydrogens is 252 g/mol. The first-order chi connectivity index (χ1) is 8.52. The van der Waals surface area contributed by atoms with Crippen LogP contribution in [0.2, 0.25) is 0 Å². The number of sulfone groups is 1. The van der Waals surface area contributed by atoms with Crippen LogP contribution in [0.1, 0.15) is 15.9 Å². The van der Waals surface area contributed by atoms with E-state index in [1.54, 1.807) is 17.0 Å². The van der Waals surface area contributed by atoms with Gasteiger partial charge in [0.1, 0.15) is 0 Å². The van der Waals surface area contributed by atoms with E-state index in [2.05, 4.69) is 0 Å². The molecule has 1 aliphatic rings. The van der Waals surface area contributed by atoms with Crippen molar-refractivity contribution in [1.29, 1.82) is 0 Å². The second-order valence-corrected chi connectivity index (χ2v) is 6.65. The Morgan fingerprint density at radius 1 is 1.17 bits per heavy atom. The van der Waals surface area contributed by atoms with Gasteiger partial charge >= 0.3 is 0 Å². The Bertz CT molecular complexity index is 523. The predicted molar refractivity (Wildman–Crippen MR) is 68.9 cm³/mol. The van der Waals surface area contributed by atoms with Gasteiger partial charge in [0.15, 0.2) is 9.84 Å². The minimum atomic E-state index is -2.95. The summed E-state index contributed by atoms with van der Waals surface area (Å²) >= 11 is 0. The lowest BCUT2D eigenvalue weighted by atomic mass is 10.1. The maximum atomic E-state index is 12.1. The molecule has 0 unspecified atom stereocenters. The molecule has 2 N–H and O–H groups in total. The van der Waals surface area contributed by atoms with E-state index in [1.807, 2.05) is 12.1 Å². The predicted octanol–water partition coefficient (Wildman–Crippen LogP) is 0.0159. The Morgan fingerprint density at radius 2 is 1.72 bits per heavy atom. The molecule has 0 atom stereocenters. The quantitative estimate of drug-likeness (QED) is 0.819. The van der Waals surface area contributed by atoms with Crippen molar-refractivity contribution in [2.24, 2.45) is 5.73 Å². The second kappa shape index (κ2) is 5.07. The maximum absolute atomic E-state index is 12.1. The monoisotopic (exact) mass is 268 g/mol. The molecule has 0 aromatic heterocycles. The van der Waals surface area contributed by atoms with Crippen LogP contribution in [0.4, 0.5) is 0 Å². The van der Waals surface area contributed by atoms with Crippen molar-refractivity contribution in [3.05, 3.63) is 35.4 Å². The number of nitrogens with two attached hydrogens (primary N) is 1. The highest BCUT2D eigenvalue weighted by molar-refractivity contribution is 7.91. The van der Waals surface area contributed by atoms with Crippen LogP contribution in [0.3, 0.4) is 0 Å². The number of nitrogens with zero attached hydrogens (tertiary/aromatic N) is 1. The summed E-state index contributed by atoms with van der Waals surface area (Å²) < 4.78 is 22.6. The maximum Gasteiger partial charge on any atom is 0.253 e. The lowest BCUT2D eigenvalue weighted by Crippen LogP contribution is -2.43. The Labute approximate surface area is 107 Å². The molecule has 2 rings (SSSR count). The summed E-state index contributed by atoms with van der Waals surface area (Å²) in [7, 11) is -2.95. The third kappa shape index (κ3) is 2.88. The van der Waals surface area contributed by atoms with Crippen LogP contribution in [0.25, 0.3) is 0 Å². The average Bonchev–Trinajstić information content (AvgIpc) is 2.38. The summed E-state index contributed by atoms with van der Waals surface area (Å²) in [5.41, 5.74) is 7.03. The van der Waals surface area contributed by atoms with Crippen LogP contribution in [0, 0.1) is 0 Å². The van der Waals surface area contributed by atoms with Gasteiger partial charge in [-0.3, -0.25) is 4.79 Å². The Kier molecular flexibility index (Phi) is 3.68. The Hall–Kier alpha value is -1.40. The molecule has 1 fully saturated rings. The van der Waals surface area contributed by atoms with Crippen molar-refractivity contribution in [3.8, 4) is 0 Å². The molecule has 0 aliphatic carbocycles. The number of hydrogen-bond donors (Lipinski definition) is 1. The molecule has 1 aliphatic heterocycles. The van der Waals surface area contributed by atoms with Crippen LogP contribution >= 0.6 is 0 Å². The molecule has 6 heteroatoms. The highest BCUT2D eigenvalue weighted by Gasteiger charge is 2.25. The normalized spacial score (nSPS) is 18.6. The van der Waals surface area contributed by atoms with E-state index in [1.165, 1.54) is 0 Å². The first-order valence-corrected chi connectivity index (χ1v) is 7.63. The zero-order chi connectivity index (χ0) is 13.2. The molecule has 5 nitrogen and oxygen atoms in total. The Balaban J connectivity index is 2.07.